The van der Waals surface area contributed by atoms with E-state index in [2.05, 4.69) is 58.4 Å². The van der Waals surface area contributed by atoms with Gasteiger partial charge in [-0.1, -0.05) is 48.5 Å². The van der Waals surface area contributed by atoms with Crippen LogP contribution in [0.3, 0.4) is 0 Å². The van der Waals surface area contributed by atoms with Crippen molar-refractivity contribution in [2.24, 2.45) is 4.99 Å². The van der Waals surface area contributed by atoms with Gasteiger partial charge in [-0.15, -0.1) is 0 Å². The normalized spacial score (nSPS) is 18.0. The Bertz CT molecular complexity index is 505. The van der Waals surface area contributed by atoms with Crippen LogP contribution in [0.25, 0.3) is 0 Å². The lowest BCUT2D eigenvalue weighted by atomic mass is 10.1. The lowest BCUT2D eigenvalue weighted by molar-refractivity contribution is 0.885. The van der Waals surface area contributed by atoms with Gasteiger partial charge in [0.05, 0.1) is 6.04 Å². The summed E-state index contributed by atoms with van der Waals surface area (Å²) in [4.78, 5) is 6.49. The molecular formula is C16H14N2. The first-order valence-electron chi connectivity index (χ1n) is 6.03. The predicted octanol–water partition coefficient (Wildman–Crippen LogP) is 3.79. The monoisotopic (exact) mass is 234 g/mol. The van der Waals surface area contributed by atoms with E-state index in [0.717, 1.165) is 0 Å². The third-order valence-electron chi connectivity index (χ3n) is 3.04. The van der Waals surface area contributed by atoms with Gasteiger partial charge in [0.2, 0.25) is 0 Å². The van der Waals surface area contributed by atoms with Crippen LogP contribution in [-0.2, 0) is 0 Å². The number of nitrogens with zero attached hydrogens (tertiary/aromatic N) is 2. The van der Waals surface area contributed by atoms with E-state index in [1.165, 1.54) is 11.3 Å². The molecule has 2 heteroatoms. The summed E-state index contributed by atoms with van der Waals surface area (Å²) in [6.07, 6.45) is 5.82. The van der Waals surface area contributed by atoms with Crippen molar-refractivity contribution in [1.29, 1.82) is 0 Å². The summed E-state index contributed by atoms with van der Waals surface area (Å²) >= 11 is 0. The second-order valence-corrected chi connectivity index (χ2v) is 4.19. The van der Waals surface area contributed by atoms with Crippen molar-refractivity contribution in [3.8, 4) is 0 Å². The highest BCUT2D eigenvalue weighted by Crippen LogP contribution is 2.27. The zero-order valence-corrected chi connectivity index (χ0v) is 9.98. The summed E-state index contributed by atoms with van der Waals surface area (Å²) in [5.74, 6) is 0. The summed E-state index contributed by atoms with van der Waals surface area (Å²) in [7, 11) is 0. The van der Waals surface area contributed by atoms with E-state index >= 15 is 0 Å². The molecule has 0 amide bonds. The predicted molar refractivity (Wildman–Crippen MR) is 75.7 cm³/mol. The summed E-state index contributed by atoms with van der Waals surface area (Å²) in [6.45, 7) is 0. The fraction of sp³-hybridized carbons (Fsp3) is 0.0625. The lowest BCUT2D eigenvalue weighted by Crippen LogP contribution is -2.25. The van der Waals surface area contributed by atoms with Gasteiger partial charge < -0.3 is 4.90 Å². The molecule has 0 spiro atoms. The standard InChI is InChI=1S/C16H14N2/c1-3-7-14(8-4-1)16-13-17-11-12-18(16)15-9-5-2-6-10-15/h1-13,16H. The highest BCUT2D eigenvalue weighted by Gasteiger charge is 2.18. The number of rotatable bonds is 2. The van der Waals surface area contributed by atoms with E-state index in [1.54, 1.807) is 0 Å². The molecule has 0 fully saturated rings. The molecule has 0 saturated carbocycles. The molecular weight excluding hydrogens is 220 g/mol. The molecule has 1 atom stereocenters. The lowest BCUT2D eigenvalue weighted by Gasteiger charge is -2.30. The van der Waals surface area contributed by atoms with Crippen molar-refractivity contribution in [2.75, 3.05) is 4.90 Å². The van der Waals surface area contributed by atoms with Crippen molar-refractivity contribution in [3.05, 3.63) is 78.6 Å². The molecule has 18 heavy (non-hydrogen) atoms. The second kappa shape index (κ2) is 4.88. The van der Waals surface area contributed by atoms with E-state index < -0.39 is 0 Å². The maximum absolute atomic E-state index is 4.26. The summed E-state index contributed by atoms with van der Waals surface area (Å²) in [5.41, 5.74) is 2.42. The molecule has 0 bridgehead atoms. The van der Waals surface area contributed by atoms with Crippen LogP contribution in [-0.4, -0.2) is 6.21 Å². The van der Waals surface area contributed by atoms with Crippen LogP contribution in [0.5, 0.6) is 0 Å². The van der Waals surface area contributed by atoms with Gasteiger partial charge in [0, 0.05) is 24.3 Å². The molecule has 1 aliphatic rings. The Labute approximate surface area is 107 Å². The van der Waals surface area contributed by atoms with Crippen molar-refractivity contribution in [1.82, 2.24) is 0 Å². The Kier molecular flexibility index (Phi) is 2.92. The average Bonchev–Trinajstić information content (AvgIpc) is 2.49. The Balaban J connectivity index is 1.98. The van der Waals surface area contributed by atoms with Crippen molar-refractivity contribution in [3.63, 3.8) is 0 Å². The molecule has 1 aliphatic heterocycles. The highest BCUT2D eigenvalue weighted by atomic mass is 15.2. The zero-order chi connectivity index (χ0) is 12.2. The number of benzene rings is 2. The number of aliphatic imine (C=N–C) groups is 1. The summed E-state index contributed by atoms with van der Waals surface area (Å²) in [5, 5.41) is 0. The largest absolute Gasteiger partial charge is 0.334 e. The maximum Gasteiger partial charge on any atom is 0.0941 e. The van der Waals surface area contributed by atoms with Gasteiger partial charge >= 0.3 is 0 Å². The molecule has 0 saturated heterocycles. The fourth-order valence-electron chi connectivity index (χ4n) is 2.15. The van der Waals surface area contributed by atoms with Crippen LogP contribution in [0.1, 0.15) is 11.6 Å². The number of hydrogen-bond acceptors (Lipinski definition) is 2. The number of hydrogen-bond donors (Lipinski definition) is 0. The quantitative estimate of drug-likeness (QED) is 0.772. The number of para-hydroxylation sites is 1. The Morgan fingerprint density at radius 3 is 2.22 bits per heavy atom. The molecule has 1 unspecified atom stereocenters. The van der Waals surface area contributed by atoms with E-state index in [1.807, 2.05) is 30.7 Å². The van der Waals surface area contributed by atoms with Crippen molar-refractivity contribution < 1.29 is 0 Å². The molecule has 1 heterocycles. The fourth-order valence-corrected chi connectivity index (χ4v) is 2.15. The molecule has 0 aliphatic carbocycles. The Morgan fingerprint density at radius 1 is 0.833 bits per heavy atom. The third-order valence-corrected chi connectivity index (χ3v) is 3.04. The van der Waals surface area contributed by atoms with Gasteiger partial charge in [0.1, 0.15) is 0 Å². The van der Waals surface area contributed by atoms with Crippen molar-refractivity contribution in [2.45, 2.75) is 6.04 Å². The van der Waals surface area contributed by atoms with Crippen LogP contribution in [0, 0.1) is 0 Å². The van der Waals surface area contributed by atoms with Gasteiger partial charge in [-0.3, -0.25) is 4.99 Å². The summed E-state index contributed by atoms with van der Waals surface area (Å²) in [6, 6.07) is 20.9. The van der Waals surface area contributed by atoms with E-state index in [4.69, 9.17) is 0 Å². The summed E-state index contributed by atoms with van der Waals surface area (Å²) < 4.78 is 0. The van der Waals surface area contributed by atoms with Crippen LogP contribution >= 0.6 is 0 Å². The molecule has 88 valence electrons. The Hall–Kier alpha value is -2.35. The Morgan fingerprint density at radius 2 is 1.50 bits per heavy atom. The minimum atomic E-state index is 0.165. The van der Waals surface area contributed by atoms with Crippen LogP contribution < -0.4 is 4.90 Å². The number of anilines is 1. The van der Waals surface area contributed by atoms with Crippen LogP contribution in [0.15, 0.2) is 78.1 Å². The van der Waals surface area contributed by atoms with E-state index in [9.17, 15) is 0 Å². The minimum Gasteiger partial charge on any atom is -0.334 e. The van der Waals surface area contributed by atoms with Gasteiger partial charge in [-0.2, -0.15) is 0 Å². The smallest absolute Gasteiger partial charge is 0.0941 e. The molecule has 0 aromatic heterocycles. The van der Waals surface area contributed by atoms with Crippen LogP contribution in [0.4, 0.5) is 5.69 Å². The highest BCUT2D eigenvalue weighted by molar-refractivity contribution is 5.76. The first kappa shape index (κ1) is 10.8. The molecule has 2 aromatic carbocycles. The molecule has 2 aromatic rings. The molecule has 2 nitrogen and oxygen atoms in total. The van der Waals surface area contributed by atoms with Gasteiger partial charge in [-0.05, 0) is 17.7 Å². The average molecular weight is 234 g/mol. The van der Waals surface area contributed by atoms with Gasteiger partial charge in [-0.25, -0.2) is 0 Å². The molecule has 0 N–H and O–H groups in total. The first-order chi connectivity index (χ1) is 8.95. The molecule has 0 radical (unpaired) electrons. The minimum absolute atomic E-state index is 0.165. The topological polar surface area (TPSA) is 15.6 Å². The maximum atomic E-state index is 4.26. The second-order valence-electron chi connectivity index (χ2n) is 4.19. The van der Waals surface area contributed by atoms with Crippen LogP contribution in [0.2, 0.25) is 0 Å². The van der Waals surface area contributed by atoms with E-state index in [0.29, 0.717) is 0 Å². The van der Waals surface area contributed by atoms with Gasteiger partial charge in [0.25, 0.3) is 0 Å². The van der Waals surface area contributed by atoms with Gasteiger partial charge in [0.15, 0.2) is 0 Å². The zero-order valence-electron chi connectivity index (χ0n) is 9.98. The first-order valence-corrected chi connectivity index (χ1v) is 6.03. The van der Waals surface area contributed by atoms with E-state index in [-0.39, 0.29) is 6.04 Å². The molecule has 3 rings (SSSR count). The SMILES string of the molecule is C1=CN(c2ccccc2)C(c2ccccc2)C=N1. The van der Waals surface area contributed by atoms with Crippen molar-refractivity contribution >= 4 is 11.9 Å². The third kappa shape index (κ3) is 2.05.